The van der Waals surface area contributed by atoms with E-state index in [1.165, 1.54) is 54.5 Å². The Morgan fingerprint density at radius 3 is 2.79 bits per heavy atom. The number of fused-ring (bicyclic) bond motifs is 1. The average Bonchev–Trinajstić information content (AvgIpc) is 3.08. The lowest BCUT2D eigenvalue weighted by atomic mass is 10.0. The topological polar surface area (TPSA) is 55.5 Å². The summed E-state index contributed by atoms with van der Waals surface area (Å²) in [6, 6.07) is 7.01. The predicted molar refractivity (Wildman–Crippen MR) is 120 cm³/mol. The van der Waals surface area contributed by atoms with Crippen molar-refractivity contribution in [3.63, 3.8) is 0 Å². The number of H-pyrrole nitrogens is 1. The first-order chi connectivity index (χ1) is 13.6. The molecule has 1 aliphatic heterocycles. The van der Waals surface area contributed by atoms with E-state index >= 15 is 0 Å². The predicted octanol–water partition coefficient (Wildman–Crippen LogP) is 3.69. The van der Waals surface area contributed by atoms with Crippen molar-refractivity contribution in [2.24, 2.45) is 10.9 Å². The second-order valence-corrected chi connectivity index (χ2v) is 8.44. The second-order valence-electron chi connectivity index (χ2n) is 8.44. The molecule has 2 aromatic rings. The number of hydrogen-bond acceptors (Lipinski definition) is 2. The molecule has 0 aliphatic carbocycles. The van der Waals surface area contributed by atoms with Crippen LogP contribution in [0.25, 0.3) is 10.9 Å². The Kier molecular flexibility index (Phi) is 7.37. The molecule has 0 radical (unpaired) electrons. The van der Waals surface area contributed by atoms with Crippen LogP contribution in [0.4, 0.5) is 0 Å². The molecule has 0 saturated carbocycles. The zero-order valence-corrected chi connectivity index (χ0v) is 18.0. The van der Waals surface area contributed by atoms with Gasteiger partial charge in [-0.25, -0.2) is 0 Å². The van der Waals surface area contributed by atoms with Crippen molar-refractivity contribution in [3.8, 4) is 0 Å². The maximum absolute atomic E-state index is 4.85. The summed E-state index contributed by atoms with van der Waals surface area (Å²) in [5.41, 5.74) is 3.89. The Labute approximate surface area is 170 Å². The van der Waals surface area contributed by atoms with Gasteiger partial charge >= 0.3 is 0 Å². The summed E-state index contributed by atoms with van der Waals surface area (Å²) < 4.78 is 0. The van der Waals surface area contributed by atoms with Gasteiger partial charge in [-0.3, -0.25) is 4.99 Å². The first-order valence-corrected chi connectivity index (χ1v) is 10.9. The van der Waals surface area contributed by atoms with Crippen molar-refractivity contribution in [2.45, 2.75) is 53.0 Å². The number of rotatable bonds is 7. The van der Waals surface area contributed by atoms with Crippen LogP contribution in [0.3, 0.4) is 0 Å². The number of piperidine rings is 1. The van der Waals surface area contributed by atoms with Crippen LogP contribution in [0, 0.1) is 12.8 Å². The fourth-order valence-corrected chi connectivity index (χ4v) is 4.15. The normalized spacial score (nSPS) is 16.8. The van der Waals surface area contributed by atoms with Crippen LogP contribution in [0.2, 0.25) is 0 Å². The molecule has 154 valence electrons. The van der Waals surface area contributed by atoms with Crippen molar-refractivity contribution < 1.29 is 0 Å². The summed E-state index contributed by atoms with van der Waals surface area (Å²) in [5.74, 6) is 1.71. The number of para-hydroxylation sites is 1. The molecule has 0 amide bonds. The number of hydrogen-bond donors (Lipinski definition) is 3. The van der Waals surface area contributed by atoms with Gasteiger partial charge in [0, 0.05) is 55.9 Å². The highest BCUT2D eigenvalue weighted by Gasteiger charge is 2.20. The molecule has 5 heteroatoms. The molecule has 28 heavy (non-hydrogen) atoms. The summed E-state index contributed by atoms with van der Waals surface area (Å²) in [7, 11) is 0. The van der Waals surface area contributed by atoms with Crippen molar-refractivity contribution in [3.05, 3.63) is 35.5 Å². The summed E-state index contributed by atoms with van der Waals surface area (Å²) in [5, 5.41) is 8.40. The number of aromatic nitrogens is 1. The van der Waals surface area contributed by atoms with Gasteiger partial charge in [0.2, 0.25) is 0 Å². The van der Waals surface area contributed by atoms with Gasteiger partial charge in [0.25, 0.3) is 0 Å². The summed E-state index contributed by atoms with van der Waals surface area (Å²) in [4.78, 5) is 10.9. The first-order valence-electron chi connectivity index (χ1n) is 10.9. The molecular weight excluding hydrogens is 346 g/mol. The molecule has 3 N–H and O–H groups in total. The monoisotopic (exact) mass is 383 g/mol. The molecule has 0 spiro atoms. The van der Waals surface area contributed by atoms with E-state index in [4.69, 9.17) is 4.99 Å². The number of guanidine groups is 1. The summed E-state index contributed by atoms with van der Waals surface area (Å²) in [6.07, 6.45) is 5.47. The van der Waals surface area contributed by atoms with Gasteiger partial charge in [0.05, 0.1) is 0 Å². The third-order valence-electron chi connectivity index (χ3n) is 5.56. The van der Waals surface area contributed by atoms with Crippen LogP contribution in [0.5, 0.6) is 0 Å². The van der Waals surface area contributed by atoms with E-state index in [-0.39, 0.29) is 0 Å². The van der Waals surface area contributed by atoms with E-state index in [0.29, 0.717) is 6.04 Å². The Balaban J connectivity index is 1.53. The third kappa shape index (κ3) is 5.51. The number of likely N-dealkylation sites (tertiary alicyclic amines) is 1. The molecule has 1 fully saturated rings. The van der Waals surface area contributed by atoms with Gasteiger partial charge in [-0.2, -0.15) is 0 Å². The second kappa shape index (κ2) is 9.97. The molecule has 0 unspecified atom stereocenters. The third-order valence-corrected chi connectivity index (χ3v) is 5.56. The van der Waals surface area contributed by atoms with E-state index in [9.17, 15) is 0 Å². The number of nitrogens with zero attached hydrogens (tertiary/aromatic N) is 2. The van der Waals surface area contributed by atoms with Gasteiger partial charge < -0.3 is 20.5 Å². The van der Waals surface area contributed by atoms with Gasteiger partial charge in [0.1, 0.15) is 0 Å². The highest BCUT2D eigenvalue weighted by atomic mass is 15.2. The lowest BCUT2D eigenvalue weighted by molar-refractivity contribution is 0.187. The fourth-order valence-electron chi connectivity index (χ4n) is 4.15. The van der Waals surface area contributed by atoms with E-state index in [1.54, 1.807) is 0 Å². The number of aliphatic imine (C=N–C) groups is 1. The number of nitrogens with one attached hydrogen (secondary N) is 3. The fraction of sp³-hybridized carbons (Fsp3) is 0.609. The minimum absolute atomic E-state index is 0.525. The van der Waals surface area contributed by atoms with Gasteiger partial charge in [-0.1, -0.05) is 32.0 Å². The van der Waals surface area contributed by atoms with Crippen molar-refractivity contribution in [1.29, 1.82) is 0 Å². The van der Waals surface area contributed by atoms with Gasteiger partial charge in [0.15, 0.2) is 5.96 Å². The molecular formula is C23H37N5. The Bertz CT molecular complexity index is 768. The molecule has 0 atom stereocenters. The minimum Gasteiger partial charge on any atom is -0.361 e. The number of aromatic amines is 1. The minimum atomic E-state index is 0.525. The first kappa shape index (κ1) is 20.7. The molecule has 5 nitrogen and oxygen atoms in total. The molecule has 1 aliphatic rings. The average molecular weight is 384 g/mol. The SMILES string of the molecule is CCNC(=NCCc1c[nH]c2c(C)cccc12)NC1CCN(CC(C)C)CC1. The van der Waals surface area contributed by atoms with E-state index < -0.39 is 0 Å². The standard InChI is InChI=1S/C23H37N5/c1-5-24-23(27-20-10-13-28(14-11-20)16-17(2)3)25-12-9-19-15-26-22-18(4)7-6-8-21(19)22/h6-8,15,17,20,26H,5,9-14,16H2,1-4H3,(H2,24,25,27). The summed E-state index contributed by atoms with van der Waals surface area (Å²) in [6.45, 7) is 14.2. The number of benzene rings is 1. The molecule has 0 bridgehead atoms. The zero-order valence-electron chi connectivity index (χ0n) is 18.0. The maximum Gasteiger partial charge on any atom is 0.191 e. The van der Waals surface area contributed by atoms with E-state index in [2.05, 4.69) is 72.6 Å². The van der Waals surface area contributed by atoms with Crippen LogP contribution in [-0.4, -0.2) is 54.6 Å². The molecule has 1 aromatic carbocycles. The van der Waals surface area contributed by atoms with Crippen LogP contribution in [0.1, 0.15) is 44.7 Å². The maximum atomic E-state index is 4.85. The van der Waals surface area contributed by atoms with E-state index in [1.807, 2.05) is 0 Å². The lowest BCUT2D eigenvalue weighted by Crippen LogP contribution is -2.49. The Hall–Kier alpha value is -2.01. The molecule has 3 rings (SSSR count). The van der Waals surface area contributed by atoms with Gasteiger partial charge in [-0.05, 0) is 50.2 Å². The smallest absolute Gasteiger partial charge is 0.191 e. The highest BCUT2D eigenvalue weighted by Crippen LogP contribution is 2.21. The van der Waals surface area contributed by atoms with E-state index in [0.717, 1.165) is 31.4 Å². The molecule has 2 heterocycles. The van der Waals surface area contributed by atoms with Crippen LogP contribution in [-0.2, 0) is 6.42 Å². The largest absolute Gasteiger partial charge is 0.361 e. The Morgan fingerprint density at radius 2 is 2.07 bits per heavy atom. The van der Waals surface area contributed by atoms with Crippen LogP contribution < -0.4 is 10.6 Å². The lowest BCUT2D eigenvalue weighted by Gasteiger charge is -2.34. The quantitative estimate of drug-likeness (QED) is 0.505. The molecule has 1 aromatic heterocycles. The van der Waals surface area contributed by atoms with Crippen molar-refractivity contribution in [2.75, 3.05) is 32.7 Å². The number of aryl methyl sites for hydroxylation is 1. The van der Waals surface area contributed by atoms with Gasteiger partial charge in [-0.15, -0.1) is 0 Å². The molecule has 1 saturated heterocycles. The van der Waals surface area contributed by atoms with Crippen molar-refractivity contribution >= 4 is 16.9 Å². The summed E-state index contributed by atoms with van der Waals surface area (Å²) >= 11 is 0. The van der Waals surface area contributed by atoms with Crippen molar-refractivity contribution in [1.82, 2.24) is 20.5 Å². The highest BCUT2D eigenvalue weighted by molar-refractivity contribution is 5.86. The van der Waals surface area contributed by atoms with Crippen LogP contribution >= 0.6 is 0 Å². The zero-order chi connectivity index (χ0) is 19.9. The Morgan fingerprint density at radius 1 is 1.29 bits per heavy atom. The van der Waals surface area contributed by atoms with Crippen LogP contribution in [0.15, 0.2) is 29.4 Å².